The molecule has 12 heavy (non-hydrogen) atoms. The zero-order valence-electron chi connectivity index (χ0n) is 7.71. The number of nitrogens with one attached hydrogen (secondary N) is 1. The van der Waals surface area contributed by atoms with Gasteiger partial charge in [0.1, 0.15) is 0 Å². The van der Waals surface area contributed by atoms with Gasteiger partial charge in [-0.05, 0) is 19.9 Å². The molecule has 1 saturated heterocycles. The first-order valence-electron chi connectivity index (χ1n) is 4.32. The molecule has 0 radical (unpaired) electrons. The van der Waals surface area contributed by atoms with Gasteiger partial charge in [-0.3, -0.25) is 4.79 Å². The first-order chi connectivity index (χ1) is 5.66. The van der Waals surface area contributed by atoms with Crippen molar-refractivity contribution < 1.29 is 4.79 Å². The van der Waals surface area contributed by atoms with E-state index in [0.29, 0.717) is 0 Å². The maximum Gasteiger partial charge on any atom is 0.246 e. The lowest BCUT2D eigenvalue weighted by atomic mass is 10.1. The fourth-order valence-electron chi connectivity index (χ4n) is 1.67. The standard InChI is InChI=1S/C9H16N2O/c1-4-9(12)11-7(2)5-10-6-8(11)3/h4,7-8,10H,1,5-6H2,2-3H3/t7-,8+. The number of nitrogens with zero attached hydrogens (tertiary/aromatic N) is 1. The molecule has 3 heteroatoms. The Labute approximate surface area is 73.4 Å². The largest absolute Gasteiger partial charge is 0.331 e. The molecule has 0 aromatic rings. The second-order valence-electron chi connectivity index (χ2n) is 3.31. The number of hydrogen-bond donors (Lipinski definition) is 1. The lowest BCUT2D eigenvalue weighted by Crippen LogP contribution is -2.56. The van der Waals surface area contributed by atoms with Crippen LogP contribution in [-0.4, -0.2) is 36.0 Å². The first kappa shape index (κ1) is 9.26. The van der Waals surface area contributed by atoms with E-state index in [1.807, 2.05) is 18.7 Å². The highest BCUT2D eigenvalue weighted by Gasteiger charge is 2.26. The van der Waals surface area contributed by atoms with E-state index in [2.05, 4.69) is 11.9 Å². The summed E-state index contributed by atoms with van der Waals surface area (Å²) in [7, 11) is 0. The van der Waals surface area contributed by atoms with Crippen molar-refractivity contribution in [2.45, 2.75) is 25.9 Å². The number of amides is 1. The van der Waals surface area contributed by atoms with Crippen molar-refractivity contribution in [2.75, 3.05) is 13.1 Å². The number of carbonyl (C=O) groups excluding carboxylic acids is 1. The van der Waals surface area contributed by atoms with Gasteiger partial charge < -0.3 is 10.2 Å². The monoisotopic (exact) mass is 168 g/mol. The number of rotatable bonds is 1. The van der Waals surface area contributed by atoms with Crippen molar-refractivity contribution >= 4 is 5.91 Å². The predicted molar refractivity (Wildman–Crippen MR) is 48.8 cm³/mol. The third-order valence-electron chi connectivity index (χ3n) is 2.26. The van der Waals surface area contributed by atoms with Gasteiger partial charge in [-0.15, -0.1) is 0 Å². The number of carbonyl (C=O) groups is 1. The third kappa shape index (κ3) is 1.67. The second-order valence-corrected chi connectivity index (χ2v) is 3.31. The Morgan fingerprint density at radius 2 is 2.00 bits per heavy atom. The highest BCUT2D eigenvalue weighted by Crippen LogP contribution is 2.09. The van der Waals surface area contributed by atoms with Crippen LogP contribution in [0.25, 0.3) is 0 Å². The van der Waals surface area contributed by atoms with E-state index in [1.165, 1.54) is 6.08 Å². The highest BCUT2D eigenvalue weighted by molar-refractivity contribution is 5.87. The Kier molecular flexibility index (Phi) is 2.87. The molecule has 0 saturated carbocycles. The Hall–Kier alpha value is -0.830. The van der Waals surface area contributed by atoms with Gasteiger partial charge in [-0.25, -0.2) is 0 Å². The van der Waals surface area contributed by atoms with Gasteiger partial charge in [0.25, 0.3) is 0 Å². The summed E-state index contributed by atoms with van der Waals surface area (Å²) in [6.07, 6.45) is 1.39. The maximum atomic E-state index is 11.4. The molecule has 0 aromatic carbocycles. The second kappa shape index (κ2) is 3.72. The summed E-state index contributed by atoms with van der Waals surface area (Å²) in [6, 6.07) is 0.554. The van der Waals surface area contributed by atoms with Gasteiger partial charge in [-0.1, -0.05) is 6.58 Å². The van der Waals surface area contributed by atoms with Crippen LogP contribution >= 0.6 is 0 Å². The Bertz CT molecular complexity index is 181. The van der Waals surface area contributed by atoms with E-state index in [-0.39, 0.29) is 18.0 Å². The average Bonchev–Trinajstić information content (AvgIpc) is 2.03. The lowest BCUT2D eigenvalue weighted by Gasteiger charge is -2.38. The molecule has 0 aliphatic carbocycles. The molecule has 0 aromatic heterocycles. The van der Waals surface area contributed by atoms with E-state index < -0.39 is 0 Å². The molecule has 1 aliphatic heterocycles. The minimum atomic E-state index is 0.0384. The van der Waals surface area contributed by atoms with Crippen molar-refractivity contribution in [2.24, 2.45) is 0 Å². The normalized spacial score (nSPS) is 30.0. The maximum absolute atomic E-state index is 11.4. The molecule has 1 amide bonds. The van der Waals surface area contributed by atoms with Crippen molar-refractivity contribution in [3.63, 3.8) is 0 Å². The van der Waals surface area contributed by atoms with Gasteiger partial charge in [0.05, 0.1) is 0 Å². The Morgan fingerprint density at radius 3 is 2.42 bits per heavy atom. The van der Waals surface area contributed by atoms with Gasteiger partial charge in [0.15, 0.2) is 0 Å². The lowest BCUT2D eigenvalue weighted by molar-refractivity contribution is -0.131. The molecule has 0 spiro atoms. The topological polar surface area (TPSA) is 32.3 Å². The van der Waals surface area contributed by atoms with Crippen LogP contribution in [0.15, 0.2) is 12.7 Å². The summed E-state index contributed by atoms with van der Waals surface area (Å²) in [5.41, 5.74) is 0. The van der Waals surface area contributed by atoms with Crippen LogP contribution in [0.2, 0.25) is 0 Å². The van der Waals surface area contributed by atoms with E-state index in [4.69, 9.17) is 0 Å². The van der Waals surface area contributed by atoms with Gasteiger partial charge in [0, 0.05) is 25.2 Å². The quantitative estimate of drug-likeness (QED) is 0.574. The van der Waals surface area contributed by atoms with Crippen LogP contribution < -0.4 is 5.32 Å². The van der Waals surface area contributed by atoms with Crippen molar-refractivity contribution in [1.82, 2.24) is 10.2 Å². The SMILES string of the molecule is C=CC(=O)N1[C@H](C)CNC[C@@H]1C. The molecule has 1 fully saturated rings. The van der Waals surface area contributed by atoms with Gasteiger partial charge in [0.2, 0.25) is 5.91 Å². The Balaban J connectivity index is 2.68. The molecule has 0 unspecified atom stereocenters. The molecule has 3 nitrogen and oxygen atoms in total. The molecule has 2 atom stereocenters. The van der Waals surface area contributed by atoms with Gasteiger partial charge >= 0.3 is 0 Å². The first-order valence-corrected chi connectivity index (χ1v) is 4.32. The van der Waals surface area contributed by atoms with Crippen LogP contribution in [0.4, 0.5) is 0 Å². The van der Waals surface area contributed by atoms with E-state index in [0.717, 1.165) is 13.1 Å². The molecule has 1 N–H and O–H groups in total. The smallest absolute Gasteiger partial charge is 0.246 e. The van der Waals surface area contributed by atoms with Crippen molar-refractivity contribution in [3.05, 3.63) is 12.7 Å². The summed E-state index contributed by atoms with van der Waals surface area (Å²) in [6.45, 7) is 9.34. The fourth-order valence-corrected chi connectivity index (χ4v) is 1.67. The van der Waals surface area contributed by atoms with Crippen LogP contribution in [0.3, 0.4) is 0 Å². The highest BCUT2D eigenvalue weighted by atomic mass is 16.2. The van der Waals surface area contributed by atoms with E-state index in [1.54, 1.807) is 0 Å². The molecule has 1 aliphatic rings. The number of hydrogen-bond acceptors (Lipinski definition) is 2. The molecule has 1 heterocycles. The predicted octanol–water partition coefficient (Wildman–Crippen LogP) is 0.381. The molecule has 0 bridgehead atoms. The minimum absolute atomic E-state index is 0.0384. The van der Waals surface area contributed by atoms with Crippen molar-refractivity contribution in [3.8, 4) is 0 Å². The van der Waals surface area contributed by atoms with Crippen LogP contribution in [0.5, 0.6) is 0 Å². The molecule has 1 rings (SSSR count). The summed E-state index contributed by atoms with van der Waals surface area (Å²) in [5, 5.41) is 3.27. The van der Waals surface area contributed by atoms with Crippen LogP contribution in [-0.2, 0) is 4.79 Å². The molecule has 68 valence electrons. The van der Waals surface area contributed by atoms with Crippen LogP contribution in [0.1, 0.15) is 13.8 Å². The molecular formula is C9H16N2O. The summed E-state index contributed by atoms with van der Waals surface area (Å²) in [5.74, 6) is 0.0384. The molecular weight excluding hydrogens is 152 g/mol. The number of piperazine rings is 1. The fraction of sp³-hybridized carbons (Fsp3) is 0.667. The summed E-state index contributed by atoms with van der Waals surface area (Å²) < 4.78 is 0. The van der Waals surface area contributed by atoms with Crippen LogP contribution in [0, 0.1) is 0 Å². The average molecular weight is 168 g/mol. The van der Waals surface area contributed by atoms with Crippen molar-refractivity contribution in [1.29, 1.82) is 0 Å². The zero-order chi connectivity index (χ0) is 9.14. The third-order valence-corrected chi connectivity index (χ3v) is 2.26. The minimum Gasteiger partial charge on any atom is -0.331 e. The zero-order valence-corrected chi connectivity index (χ0v) is 7.71. The summed E-state index contributed by atoms with van der Waals surface area (Å²) >= 11 is 0. The van der Waals surface area contributed by atoms with E-state index >= 15 is 0 Å². The Morgan fingerprint density at radius 1 is 1.50 bits per heavy atom. The van der Waals surface area contributed by atoms with E-state index in [9.17, 15) is 4.79 Å². The summed E-state index contributed by atoms with van der Waals surface area (Å²) in [4.78, 5) is 13.2. The van der Waals surface area contributed by atoms with Gasteiger partial charge in [-0.2, -0.15) is 0 Å².